The van der Waals surface area contributed by atoms with E-state index in [1.807, 2.05) is 6.92 Å². The molecule has 0 unspecified atom stereocenters. The Labute approximate surface area is 121 Å². The van der Waals surface area contributed by atoms with Gasteiger partial charge in [-0.3, -0.25) is 9.98 Å². The van der Waals surface area contributed by atoms with E-state index in [9.17, 15) is 13.2 Å². The first-order valence-corrected chi connectivity index (χ1v) is 6.42. The minimum absolute atomic E-state index is 0.167. The van der Waals surface area contributed by atoms with Crippen LogP contribution in [0.1, 0.15) is 24.6 Å². The third kappa shape index (κ3) is 4.86. The molecule has 4 nitrogen and oxygen atoms in total. The summed E-state index contributed by atoms with van der Waals surface area (Å²) in [6, 6.07) is 2.22. The van der Waals surface area contributed by atoms with Gasteiger partial charge in [0.2, 0.25) is 0 Å². The summed E-state index contributed by atoms with van der Waals surface area (Å²) in [4.78, 5) is 7.58. The lowest BCUT2D eigenvalue weighted by molar-refractivity contribution is -0.139. The lowest BCUT2D eigenvalue weighted by Crippen LogP contribution is -2.13. The standard InChI is InChI=1S/C14H18F3N3O/c1-3-10(7-18)13(8-19-2)21-9-12-11(14(15,16)17)5-4-6-20-12/h4-6,8H,3,7,9,18H2,1-2H3/b13-10-,19-8?. The second-order valence-corrected chi connectivity index (χ2v) is 4.20. The van der Waals surface area contributed by atoms with Crippen molar-refractivity contribution in [2.75, 3.05) is 13.6 Å². The first kappa shape index (κ1) is 17.2. The fraction of sp³-hybridized carbons (Fsp3) is 0.429. The minimum Gasteiger partial charge on any atom is -0.486 e. The van der Waals surface area contributed by atoms with Crippen LogP contribution < -0.4 is 5.73 Å². The van der Waals surface area contributed by atoms with Crippen LogP contribution in [-0.4, -0.2) is 24.8 Å². The SMILES string of the molecule is CC/C(CN)=C(\C=NC)OCc1ncccc1C(F)(F)F. The Balaban J connectivity index is 3.00. The highest BCUT2D eigenvalue weighted by Gasteiger charge is 2.33. The van der Waals surface area contributed by atoms with Gasteiger partial charge in [0, 0.05) is 19.8 Å². The molecule has 0 aromatic carbocycles. The zero-order valence-electron chi connectivity index (χ0n) is 11.9. The van der Waals surface area contributed by atoms with Gasteiger partial charge in [-0.05, 0) is 24.1 Å². The molecule has 0 saturated heterocycles. The van der Waals surface area contributed by atoms with Gasteiger partial charge in [-0.25, -0.2) is 0 Å². The highest BCUT2D eigenvalue weighted by molar-refractivity contribution is 5.77. The van der Waals surface area contributed by atoms with Gasteiger partial charge in [0.1, 0.15) is 12.4 Å². The van der Waals surface area contributed by atoms with Crippen LogP contribution in [0.2, 0.25) is 0 Å². The average molecular weight is 301 g/mol. The first-order valence-electron chi connectivity index (χ1n) is 6.42. The molecule has 0 aliphatic carbocycles. The molecule has 0 aliphatic heterocycles. The van der Waals surface area contributed by atoms with Gasteiger partial charge in [-0.1, -0.05) is 6.92 Å². The van der Waals surface area contributed by atoms with Crippen molar-refractivity contribution < 1.29 is 17.9 Å². The summed E-state index contributed by atoms with van der Waals surface area (Å²) in [6.45, 7) is 1.85. The summed E-state index contributed by atoms with van der Waals surface area (Å²) in [6.07, 6.45) is -1.08. The number of hydrogen-bond donors (Lipinski definition) is 1. The van der Waals surface area contributed by atoms with Crippen molar-refractivity contribution in [2.45, 2.75) is 26.1 Å². The molecule has 0 saturated carbocycles. The van der Waals surface area contributed by atoms with Gasteiger partial charge < -0.3 is 10.5 Å². The fourth-order valence-electron chi connectivity index (χ4n) is 1.72. The van der Waals surface area contributed by atoms with E-state index in [4.69, 9.17) is 10.5 Å². The Hall–Kier alpha value is -1.89. The van der Waals surface area contributed by atoms with E-state index in [2.05, 4.69) is 9.98 Å². The van der Waals surface area contributed by atoms with Crippen molar-refractivity contribution in [1.82, 2.24) is 4.98 Å². The van der Waals surface area contributed by atoms with Crippen molar-refractivity contribution in [3.05, 3.63) is 40.9 Å². The van der Waals surface area contributed by atoms with E-state index in [1.54, 1.807) is 7.05 Å². The molecule has 21 heavy (non-hydrogen) atoms. The first-order chi connectivity index (χ1) is 9.93. The van der Waals surface area contributed by atoms with E-state index in [-0.39, 0.29) is 18.8 Å². The highest BCUT2D eigenvalue weighted by atomic mass is 19.4. The molecule has 1 aromatic rings. The predicted octanol–water partition coefficient (Wildman–Crippen LogP) is 2.94. The maximum atomic E-state index is 12.9. The number of nitrogens with two attached hydrogens (primary N) is 1. The van der Waals surface area contributed by atoms with Gasteiger partial charge in [-0.2, -0.15) is 13.2 Å². The quantitative estimate of drug-likeness (QED) is 0.649. The smallest absolute Gasteiger partial charge is 0.418 e. The van der Waals surface area contributed by atoms with Gasteiger partial charge in [0.15, 0.2) is 0 Å². The van der Waals surface area contributed by atoms with Crippen molar-refractivity contribution in [1.29, 1.82) is 0 Å². The summed E-state index contributed by atoms with van der Waals surface area (Å²) in [7, 11) is 1.55. The zero-order valence-corrected chi connectivity index (χ0v) is 11.9. The number of aliphatic imine (C=N–C) groups is 1. The lowest BCUT2D eigenvalue weighted by atomic mass is 10.1. The van der Waals surface area contributed by atoms with E-state index < -0.39 is 11.7 Å². The van der Waals surface area contributed by atoms with Crippen LogP contribution in [0.4, 0.5) is 13.2 Å². The number of hydrogen-bond acceptors (Lipinski definition) is 4. The fourth-order valence-corrected chi connectivity index (χ4v) is 1.72. The highest BCUT2D eigenvalue weighted by Crippen LogP contribution is 2.31. The zero-order chi connectivity index (χ0) is 15.9. The topological polar surface area (TPSA) is 60.5 Å². The summed E-state index contributed by atoms with van der Waals surface area (Å²) in [5.74, 6) is 0.390. The number of aromatic nitrogens is 1. The molecule has 2 N–H and O–H groups in total. The van der Waals surface area contributed by atoms with Crippen LogP contribution >= 0.6 is 0 Å². The Morgan fingerprint density at radius 3 is 2.71 bits per heavy atom. The third-order valence-corrected chi connectivity index (χ3v) is 2.83. The van der Waals surface area contributed by atoms with Crippen LogP contribution in [0.5, 0.6) is 0 Å². The second-order valence-electron chi connectivity index (χ2n) is 4.20. The number of nitrogens with zero attached hydrogens (tertiary/aromatic N) is 2. The Morgan fingerprint density at radius 2 is 2.19 bits per heavy atom. The van der Waals surface area contributed by atoms with Crippen LogP contribution in [-0.2, 0) is 17.5 Å². The van der Waals surface area contributed by atoms with E-state index in [1.165, 1.54) is 18.5 Å². The van der Waals surface area contributed by atoms with Gasteiger partial charge in [0.25, 0.3) is 0 Å². The average Bonchev–Trinajstić information content (AvgIpc) is 2.45. The number of allylic oxidation sites excluding steroid dienone is 1. The van der Waals surface area contributed by atoms with Gasteiger partial charge in [0.05, 0.1) is 17.5 Å². The molecule has 0 aliphatic rings. The van der Waals surface area contributed by atoms with Crippen molar-refractivity contribution in [2.24, 2.45) is 10.7 Å². The Kier molecular flexibility index (Phi) is 6.36. The van der Waals surface area contributed by atoms with Gasteiger partial charge >= 0.3 is 6.18 Å². The molecule has 116 valence electrons. The molecule has 0 amide bonds. The van der Waals surface area contributed by atoms with Crippen LogP contribution in [0.25, 0.3) is 0 Å². The molecule has 0 radical (unpaired) electrons. The molecular weight excluding hydrogens is 283 g/mol. The number of alkyl halides is 3. The summed E-state index contributed by atoms with van der Waals surface area (Å²) in [5.41, 5.74) is 5.40. The third-order valence-electron chi connectivity index (χ3n) is 2.83. The molecular formula is C14H18F3N3O. The summed E-state index contributed by atoms with van der Waals surface area (Å²) >= 11 is 0. The molecule has 7 heteroatoms. The van der Waals surface area contributed by atoms with E-state index in [0.717, 1.165) is 11.6 Å². The van der Waals surface area contributed by atoms with Crippen molar-refractivity contribution in [3.63, 3.8) is 0 Å². The van der Waals surface area contributed by atoms with E-state index >= 15 is 0 Å². The van der Waals surface area contributed by atoms with Gasteiger partial charge in [-0.15, -0.1) is 0 Å². The number of ether oxygens (including phenoxy) is 1. The monoisotopic (exact) mass is 301 g/mol. The van der Waals surface area contributed by atoms with Crippen molar-refractivity contribution >= 4 is 6.21 Å². The molecule has 0 atom stereocenters. The van der Waals surface area contributed by atoms with Crippen molar-refractivity contribution in [3.8, 4) is 0 Å². The lowest BCUT2D eigenvalue weighted by Gasteiger charge is -2.14. The number of rotatable bonds is 6. The molecule has 0 bridgehead atoms. The molecule has 1 aromatic heterocycles. The molecule has 1 rings (SSSR count). The molecule has 1 heterocycles. The predicted molar refractivity (Wildman–Crippen MR) is 74.8 cm³/mol. The molecule has 0 spiro atoms. The van der Waals surface area contributed by atoms with Crippen LogP contribution in [0.15, 0.2) is 34.7 Å². The summed E-state index contributed by atoms with van der Waals surface area (Å²) in [5, 5.41) is 0. The molecule has 0 fully saturated rings. The Morgan fingerprint density at radius 1 is 1.48 bits per heavy atom. The minimum atomic E-state index is -4.46. The number of pyridine rings is 1. The maximum absolute atomic E-state index is 12.9. The van der Waals surface area contributed by atoms with E-state index in [0.29, 0.717) is 12.2 Å². The normalized spacial score (nSPS) is 13.4. The maximum Gasteiger partial charge on any atom is 0.418 e. The second kappa shape index (κ2) is 7.78. The van der Waals surface area contributed by atoms with Crippen LogP contribution in [0, 0.1) is 0 Å². The largest absolute Gasteiger partial charge is 0.486 e. The number of halogens is 3. The Bertz CT molecular complexity index is 518. The summed E-state index contributed by atoms with van der Waals surface area (Å²) < 4.78 is 44.0. The van der Waals surface area contributed by atoms with Crippen LogP contribution in [0.3, 0.4) is 0 Å².